The third kappa shape index (κ3) is 6.99. The van der Waals surface area contributed by atoms with Gasteiger partial charge in [0.25, 0.3) is 5.91 Å². The van der Waals surface area contributed by atoms with Gasteiger partial charge in [0.1, 0.15) is 17.9 Å². The fourth-order valence-electron chi connectivity index (χ4n) is 2.96. The summed E-state index contributed by atoms with van der Waals surface area (Å²) >= 11 is 0.986. The smallest absolute Gasteiger partial charge is 0.271 e. The first-order chi connectivity index (χ1) is 14.9. The first kappa shape index (κ1) is 25.7. The molecule has 0 fully saturated rings. The van der Waals surface area contributed by atoms with Crippen LogP contribution in [0.5, 0.6) is 0 Å². The van der Waals surface area contributed by atoms with Crippen LogP contribution >= 0.6 is 11.3 Å². The van der Waals surface area contributed by atoms with Crippen LogP contribution < -0.4 is 14.9 Å². The van der Waals surface area contributed by atoms with Crippen molar-refractivity contribution < 1.29 is 28.2 Å². The number of thiazole rings is 1. The molecule has 0 saturated carbocycles. The van der Waals surface area contributed by atoms with E-state index < -0.39 is 40.2 Å². The van der Waals surface area contributed by atoms with Crippen LogP contribution in [-0.4, -0.2) is 73.0 Å². The van der Waals surface area contributed by atoms with Crippen LogP contribution in [0.25, 0.3) is 0 Å². The molecule has 2 amide bonds. The number of amides is 2. The summed E-state index contributed by atoms with van der Waals surface area (Å²) in [5.41, 5.74) is 0.794. The summed E-state index contributed by atoms with van der Waals surface area (Å²) in [5.74, 6) is -0.994. The van der Waals surface area contributed by atoms with Gasteiger partial charge in [-0.15, -0.1) is 11.3 Å². The zero-order valence-electron chi connectivity index (χ0n) is 18.2. The first-order valence-corrected chi connectivity index (χ1v) is 12.5. The molecule has 10 nitrogen and oxygen atoms in total. The summed E-state index contributed by atoms with van der Waals surface area (Å²) in [6, 6.07) is 7.42. The lowest BCUT2D eigenvalue weighted by Crippen LogP contribution is -2.55. The molecule has 0 spiro atoms. The zero-order chi connectivity index (χ0) is 24.1. The number of aromatic nitrogens is 1. The summed E-state index contributed by atoms with van der Waals surface area (Å²) in [5, 5.41) is 28.1. The Morgan fingerprint density at radius 3 is 2.34 bits per heavy atom. The first-order valence-electron chi connectivity index (χ1n) is 9.77. The summed E-state index contributed by atoms with van der Waals surface area (Å²) in [6.07, 6.45) is -1.52. The van der Waals surface area contributed by atoms with Crippen molar-refractivity contribution in [3.63, 3.8) is 0 Å². The molecule has 0 aliphatic heterocycles. The predicted octanol–water partition coefficient (Wildman–Crippen LogP) is 0.126. The third-order valence-corrected chi connectivity index (χ3v) is 7.01. The van der Waals surface area contributed by atoms with Gasteiger partial charge in [-0.2, -0.15) is 0 Å². The molecule has 176 valence electrons. The molecule has 0 radical (unpaired) electrons. The maximum Gasteiger partial charge on any atom is 0.271 e. The number of anilines is 1. The van der Waals surface area contributed by atoms with Crippen LogP contribution in [0.4, 0.5) is 5.13 Å². The Bertz CT molecular complexity index is 1030. The Morgan fingerprint density at radius 2 is 1.78 bits per heavy atom. The number of hydrogen-bond acceptors (Lipinski definition) is 8. The molecule has 4 N–H and O–H groups in total. The lowest BCUT2D eigenvalue weighted by atomic mass is 9.94. The van der Waals surface area contributed by atoms with E-state index in [4.69, 9.17) is 0 Å². The highest BCUT2D eigenvalue weighted by Gasteiger charge is 2.32. The minimum Gasteiger partial charge on any atom is -0.388 e. The molecule has 1 aromatic heterocycles. The molecule has 1 aromatic carbocycles. The van der Waals surface area contributed by atoms with Crippen LogP contribution in [0.2, 0.25) is 0 Å². The summed E-state index contributed by atoms with van der Waals surface area (Å²) in [4.78, 5) is 28.2. The molecular weight excluding hydrogens is 456 g/mol. The zero-order valence-corrected chi connectivity index (χ0v) is 19.9. The Hall–Kier alpha value is -2.54. The molecule has 32 heavy (non-hydrogen) atoms. The van der Waals surface area contributed by atoms with Crippen LogP contribution in [0, 0.1) is 0 Å². The van der Waals surface area contributed by atoms with Gasteiger partial charge in [0.15, 0.2) is 5.13 Å². The number of hydrogen-bond donors (Lipinski definition) is 4. The van der Waals surface area contributed by atoms with Gasteiger partial charge >= 0.3 is 0 Å². The van der Waals surface area contributed by atoms with Crippen molar-refractivity contribution in [1.82, 2.24) is 15.6 Å². The second kappa shape index (κ2) is 10.9. The van der Waals surface area contributed by atoms with E-state index in [-0.39, 0.29) is 23.2 Å². The quantitative estimate of drug-likeness (QED) is 0.374. The fraction of sp³-hybridized carbons (Fsp3) is 0.450. The summed E-state index contributed by atoms with van der Waals surface area (Å²) < 4.78 is 24.4. The molecule has 4 atom stereocenters. The number of aliphatic hydroxyl groups is 2. The maximum atomic E-state index is 12.8. The van der Waals surface area contributed by atoms with Crippen molar-refractivity contribution in [3.8, 4) is 0 Å². The highest BCUT2D eigenvalue weighted by atomic mass is 32.2. The van der Waals surface area contributed by atoms with E-state index in [2.05, 4.69) is 15.6 Å². The van der Waals surface area contributed by atoms with Gasteiger partial charge in [0, 0.05) is 19.4 Å². The van der Waals surface area contributed by atoms with Crippen molar-refractivity contribution in [3.05, 3.63) is 47.0 Å². The van der Waals surface area contributed by atoms with Crippen molar-refractivity contribution in [2.45, 2.75) is 44.6 Å². The number of sulfonamides is 1. The lowest BCUT2D eigenvalue weighted by Gasteiger charge is -2.31. The van der Waals surface area contributed by atoms with Gasteiger partial charge in [0.2, 0.25) is 15.9 Å². The van der Waals surface area contributed by atoms with Crippen molar-refractivity contribution in [1.29, 1.82) is 0 Å². The Morgan fingerprint density at radius 1 is 1.16 bits per heavy atom. The van der Waals surface area contributed by atoms with Crippen LogP contribution in [-0.2, 0) is 21.2 Å². The van der Waals surface area contributed by atoms with Gasteiger partial charge < -0.3 is 20.8 Å². The number of carbonyl (C=O) groups is 2. The third-order valence-electron chi connectivity index (χ3n) is 4.81. The van der Waals surface area contributed by atoms with Gasteiger partial charge in [-0.1, -0.05) is 30.3 Å². The van der Waals surface area contributed by atoms with Gasteiger partial charge in [-0.05, 0) is 18.9 Å². The molecule has 0 bridgehead atoms. The SMILES string of the molecule is CC(=O)N[C@H](C)[C@@H](O)[C@H](O)[C@H](Cc1ccccc1)NC(=O)c1csc(N(C)S(C)(=O)=O)n1. The van der Waals surface area contributed by atoms with E-state index in [0.29, 0.717) is 0 Å². The standard InChI is InChI=1S/C20H28N4O6S2/c1-12(21-13(2)25)17(26)18(27)15(10-14-8-6-5-7-9-14)22-19(28)16-11-31-20(23-16)24(3)32(4,29)30/h5-9,11-12,15,17-18,26-27H,10H2,1-4H3,(H,21,25)(H,22,28)/t12-,15+,17-,18-/m1/s1. The average molecular weight is 485 g/mol. The van der Waals surface area contributed by atoms with Gasteiger partial charge in [-0.3, -0.25) is 9.59 Å². The van der Waals surface area contributed by atoms with E-state index in [1.54, 1.807) is 6.92 Å². The van der Waals surface area contributed by atoms with E-state index in [9.17, 15) is 28.2 Å². The number of nitrogens with one attached hydrogen (secondary N) is 2. The van der Waals surface area contributed by atoms with Crippen LogP contribution in [0.3, 0.4) is 0 Å². The largest absolute Gasteiger partial charge is 0.388 e. The topological polar surface area (TPSA) is 149 Å². The number of carbonyl (C=O) groups excluding carboxylic acids is 2. The molecule has 12 heteroatoms. The van der Waals surface area contributed by atoms with Gasteiger partial charge in [0.05, 0.1) is 18.3 Å². The normalized spacial score (nSPS) is 15.3. The molecule has 2 aromatic rings. The van der Waals surface area contributed by atoms with E-state index in [1.807, 2.05) is 30.3 Å². The Kier molecular flexibility index (Phi) is 8.73. The van der Waals surface area contributed by atoms with E-state index >= 15 is 0 Å². The second-order valence-electron chi connectivity index (χ2n) is 7.49. The lowest BCUT2D eigenvalue weighted by molar-refractivity contribution is -0.121. The number of rotatable bonds is 10. The summed E-state index contributed by atoms with van der Waals surface area (Å²) in [6.45, 7) is 2.84. The molecule has 0 aliphatic carbocycles. The number of aliphatic hydroxyl groups excluding tert-OH is 2. The molecule has 0 aliphatic rings. The number of benzene rings is 1. The average Bonchev–Trinajstić information content (AvgIpc) is 3.21. The fourth-order valence-corrected chi connectivity index (χ4v) is 4.50. The predicted molar refractivity (Wildman–Crippen MR) is 122 cm³/mol. The van der Waals surface area contributed by atoms with Crippen LogP contribution in [0.15, 0.2) is 35.7 Å². The van der Waals surface area contributed by atoms with E-state index in [0.717, 1.165) is 27.5 Å². The minimum atomic E-state index is -3.53. The highest BCUT2D eigenvalue weighted by Crippen LogP contribution is 2.21. The molecular formula is C20H28N4O6S2. The van der Waals surface area contributed by atoms with Crippen molar-refractivity contribution >= 4 is 38.3 Å². The van der Waals surface area contributed by atoms with Crippen molar-refractivity contribution in [2.75, 3.05) is 17.6 Å². The molecule has 0 unspecified atom stereocenters. The summed E-state index contributed by atoms with van der Waals surface area (Å²) in [7, 11) is -2.20. The molecule has 0 saturated heterocycles. The maximum absolute atomic E-state index is 12.8. The second-order valence-corrected chi connectivity index (χ2v) is 10.3. The van der Waals surface area contributed by atoms with Crippen molar-refractivity contribution in [2.24, 2.45) is 0 Å². The minimum absolute atomic E-state index is 0.0184. The number of nitrogens with zero attached hydrogens (tertiary/aromatic N) is 2. The Labute approximate surface area is 191 Å². The molecule has 1 heterocycles. The molecule has 2 rings (SSSR count). The monoisotopic (exact) mass is 484 g/mol. The Balaban J connectivity index is 2.23. The van der Waals surface area contributed by atoms with Gasteiger partial charge in [-0.25, -0.2) is 17.7 Å². The van der Waals surface area contributed by atoms with E-state index in [1.165, 1.54) is 19.4 Å². The van der Waals surface area contributed by atoms with Crippen LogP contribution in [0.1, 0.15) is 29.9 Å². The highest BCUT2D eigenvalue weighted by molar-refractivity contribution is 7.92.